The van der Waals surface area contributed by atoms with Gasteiger partial charge in [0.05, 0.1) is 6.61 Å². The maximum Gasteiger partial charge on any atom is 0.0681 e. The summed E-state index contributed by atoms with van der Waals surface area (Å²) in [6.07, 6.45) is 0. The van der Waals surface area contributed by atoms with E-state index in [4.69, 9.17) is 5.11 Å². The zero-order chi connectivity index (χ0) is 5.82. The molecule has 0 saturated carbocycles. The summed E-state index contributed by atoms with van der Waals surface area (Å²) in [4.78, 5) is 0. The van der Waals surface area contributed by atoms with Crippen LogP contribution in [0.1, 0.15) is 5.56 Å². The van der Waals surface area contributed by atoms with Crippen molar-refractivity contribution >= 4 is 18.0 Å². The Labute approximate surface area is 66.0 Å². The summed E-state index contributed by atoms with van der Waals surface area (Å²) in [6, 6.07) is 9.52. The summed E-state index contributed by atoms with van der Waals surface area (Å²) >= 11 is 0. The molecule has 0 amide bonds. The average Bonchev–Trinajstić information content (AvgIpc) is 1.90. The summed E-state index contributed by atoms with van der Waals surface area (Å²) in [5.41, 5.74) is 0.965. The predicted molar refractivity (Wildman–Crippen MR) is 38.1 cm³/mol. The predicted octanol–water partition coefficient (Wildman–Crippen LogP) is 0.798. The molecule has 0 aromatic heterocycles. The van der Waals surface area contributed by atoms with Crippen LogP contribution in [-0.4, -0.2) is 23.1 Å². The Morgan fingerprint density at radius 3 is 2.00 bits per heavy atom. The normalized spacial score (nSPS) is 8.11. The van der Waals surface area contributed by atoms with E-state index >= 15 is 0 Å². The van der Waals surface area contributed by atoms with Crippen molar-refractivity contribution in [3.05, 3.63) is 35.9 Å². The van der Waals surface area contributed by atoms with Crippen LogP contribution in [0.3, 0.4) is 0 Å². The first-order chi connectivity index (χ1) is 3.93. The van der Waals surface area contributed by atoms with Crippen LogP contribution in [0, 0.1) is 0 Å². The number of hydrogen-bond donors (Lipinski definition) is 1. The molecule has 1 rings (SSSR count). The summed E-state index contributed by atoms with van der Waals surface area (Å²) < 4.78 is 0. The first kappa shape index (κ1) is 8.74. The zero-order valence-electron chi connectivity index (χ0n) is 4.99. The molecule has 0 aliphatic carbocycles. The van der Waals surface area contributed by atoms with E-state index in [2.05, 4.69) is 0 Å². The van der Waals surface area contributed by atoms with E-state index in [1.165, 1.54) is 0 Å². The number of hydrogen-bond acceptors (Lipinski definition) is 1. The fraction of sp³-hybridized carbons (Fsp3) is 0.143. The van der Waals surface area contributed by atoms with Gasteiger partial charge in [-0.3, -0.25) is 0 Å². The summed E-state index contributed by atoms with van der Waals surface area (Å²) in [5, 5.41) is 8.54. The first-order valence-electron chi connectivity index (χ1n) is 2.58. The van der Waals surface area contributed by atoms with Crippen molar-refractivity contribution in [3.63, 3.8) is 0 Å². The maximum absolute atomic E-state index is 8.54. The van der Waals surface area contributed by atoms with Crippen molar-refractivity contribution in [2.75, 3.05) is 0 Å². The van der Waals surface area contributed by atoms with Gasteiger partial charge in [0, 0.05) is 18.0 Å². The van der Waals surface area contributed by atoms with Crippen LogP contribution in [0.15, 0.2) is 30.3 Å². The molecule has 1 aromatic carbocycles. The monoisotopic (exact) mass is 183 g/mol. The van der Waals surface area contributed by atoms with Gasteiger partial charge in [-0.1, -0.05) is 30.3 Å². The van der Waals surface area contributed by atoms with E-state index in [1.807, 2.05) is 30.3 Å². The molecule has 0 spiro atoms. The van der Waals surface area contributed by atoms with E-state index in [1.54, 1.807) is 0 Å². The minimum absolute atomic E-state index is 0. The fourth-order valence-electron chi connectivity index (χ4n) is 0.583. The Morgan fingerprint density at radius 1 is 1.11 bits per heavy atom. The Bertz CT molecular complexity index is 150. The van der Waals surface area contributed by atoms with Gasteiger partial charge in [0.1, 0.15) is 0 Å². The first-order valence-corrected chi connectivity index (χ1v) is 2.58. The molecular weight excluding hydrogens is 175 g/mol. The van der Waals surface area contributed by atoms with E-state index in [0.717, 1.165) is 5.56 Å². The Hall–Kier alpha value is -0.262. The van der Waals surface area contributed by atoms with Gasteiger partial charge in [-0.05, 0) is 5.56 Å². The van der Waals surface area contributed by atoms with Crippen molar-refractivity contribution in [2.24, 2.45) is 0 Å². The van der Waals surface area contributed by atoms with Gasteiger partial charge in [0.2, 0.25) is 0 Å². The van der Waals surface area contributed by atoms with Crippen molar-refractivity contribution in [1.29, 1.82) is 0 Å². The number of rotatable bonds is 1. The van der Waals surface area contributed by atoms with Gasteiger partial charge in [0.15, 0.2) is 0 Å². The third-order valence-corrected chi connectivity index (χ3v) is 1.03. The van der Waals surface area contributed by atoms with Crippen molar-refractivity contribution in [2.45, 2.75) is 6.61 Å². The van der Waals surface area contributed by atoms with Gasteiger partial charge >= 0.3 is 0 Å². The zero-order valence-corrected chi connectivity index (χ0v) is 6.86. The fourth-order valence-corrected chi connectivity index (χ4v) is 0.583. The van der Waals surface area contributed by atoms with Gasteiger partial charge in [-0.2, -0.15) is 0 Å². The molecule has 0 heterocycles. The molecule has 0 aliphatic heterocycles. The van der Waals surface area contributed by atoms with E-state index < -0.39 is 0 Å². The quantitative estimate of drug-likeness (QED) is 0.638. The maximum atomic E-state index is 8.54. The SMILES string of the molecule is OCc1ccccc1.[As]. The van der Waals surface area contributed by atoms with Crippen LogP contribution in [0.4, 0.5) is 0 Å². The Kier molecular flexibility index (Phi) is 4.47. The van der Waals surface area contributed by atoms with Crippen LogP contribution in [0.25, 0.3) is 0 Å². The summed E-state index contributed by atoms with van der Waals surface area (Å²) in [5.74, 6) is 0. The molecule has 0 bridgehead atoms. The number of benzene rings is 1. The second-order valence-electron chi connectivity index (χ2n) is 1.64. The van der Waals surface area contributed by atoms with Crippen LogP contribution in [-0.2, 0) is 6.61 Å². The Morgan fingerprint density at radius 2 is 1.67 bits per heavy atom. The molecule has 1 aromatic rings. The number of aliphatic hydroxyl groups is 1. The molecule has 0 atom stereocenters. The molecule has 1 nitrogen and oxygen atoms in total. The third-order valence-electron chi connectivity index (χ3n) is 1.03. The Balaban J connectivity index is 0.000000640. The van der Waals surface area contributed by atoms with Crippen molar-refractivity contribution < 1.29 is 5.11 Å². The van der Waals surface area contributed by atoms with Gasteiger partial charge in [0.25, 0.3) is 0 Å². The molecule has 2 heteroatoms. The van der Waals surface area contributed by atoms with Crippen molar-refractivity contribution in [3.8, 4) is 0 Å². The van der Waals surface area contributed by atoms with Crippen LogP contribution < -0.4 is 0 Å². The standard InChI is InChI=1S/C7H8O.As/c8-6-7-4-2-1-3-5-7;/h1-5,8H,6H2;. The molecule has 0 aliphatic rings. The second-order valence-corrected chi connectivity index (χ2v) is 1.64. The minimum Gasteiger partial charge on any atom is -0.392 e. The molecule has 1 N–H and O–H groups in total. The molecule has 0 fully saturated rings. The molecule has 47 valence electrons. The minimum atomic E-state index is 0. The summed E-state index contributed by atoms with van der Waals surface area (Å²) in [7, 11) is 0. The molecule has 3 radical (unpaired) electrons. The van der Waals surface area contributed by atoms with Crippen molar-refractivity contribution in [1.82, 2.24) is 0 Å². The van der Waals surface area contributed by atoms with E-state index in [0.29, 0.717) is 0 Å². The van der Waals surface area contributed by atoms with Crippen LogP contribution in [0.2, 0.25) is 0 Å². The van der Waals surface area contributed by atoms with Gasteiger partial charge < -0.3 is 5.11 Å². The van der Waals surface area contributed by atoms with Crippen LogP contribution >= 0.6 is 0 Å². The molecule has 9 heavy (non-hydrogen) atoms. The number of aliphatic hydroxyl groups excluding tert-OH is 1. The van der Waals surface area contributed by atoms with Crippen LogP contribution in [0.5, 0.6) is 0 Å². The average molecular weight is 183 g/mol. The van der Waals surface area contributed by atoms with E-state index in [9.17, 15) is 0 Å². The molecule has 0 saturated heterocycles. The summed E-state index contributed by atoms with van der Waals surface area (Å²) in [6.45, 7) is 0.140. The van der Waals surface area contributed by atoms with Gasteiger partial charge in [-0.15, -0.1) is 0 Å². The smallest absolute Gasteiger partial charge is 0.0681 e. The largest absolute Gasteiger partial charge is 0.392 e. The topological polar surface area (TPSA) is 20.2 Å². The second kappa shape index (κ2) is 4.60. The molecular formula is C7H8AsO. The molecule has 0 unspecified atom stereocenters. The van der Waals surface area contributed by atoms with E-state index in [-0.39, 0.29) is 24.6 Å². The van der Waals surface area contributed by atoms with Gasteiger partial charge in [-0.25, -0.2) is 0 Å². The third kappa shape index (κ3) is 2.69.